The van der Waals surface area contributed by atoms with Gasteiger partial charge in [0.2, 0.25) is 0 Å². The lowest BCUT2D eigenvalue weighted by Gasteiger charge is -2.14. The van der Waals surface area contributed by atoms with Crippen LogP contribution in [0.1, 0.15) is 13.8 Å². The number of hydrogen-bond donors (Lipinski definition) is 0. The summed E-state index contributed by atoms with van der Waals surface area (Å²) in [4.78, 5) is 11.1. The van der Waals surface area contributed by atoms with Crippen LogP contribution in [0.5, 0.6) is 11.5 Å². The van der Waals surface area contributed by atoms with Crippen LogP contribution in [0, 0.1) is 3.57 Å². The van der Waals surface area contributed by atoms with Crippen molar-refractivity contribution in [2.24, 2.45) is 0 Å². The van der Waals surface area contributed by atoms with Gasteiger partial charge in [-0.15, -0.1) is 0 Å². The summed E-state index contributed by atoms with van der Waals surface area (Å²) in [5.41, 5.74) is 0. The van der Waals surface area contributed by atoms with Gasteiger partial charge < -0.3 is 9.47 Å². The van der Waals surface area contributed by atoms with Crippen LogP contribution in [0.4, 0.5) is 0 Å². The molecule has 0 unspecified atom stereocenters. The molecule has 0 aromatic heterocycles. The zero-order chi connectivity index (χ0) is 11.4. The third-order valence-corrected chi connectivity index (χ3v) is 3.09. The van der Waals surface area contributed by atoms with Crippen LogP contribution < -0.4 is 9.47 Å². The number of carbonyl (C=O) groups excluding carboxylic acids is 1. The van der Waals surface area contributed by atoms with Gasteiger partial charge >= 0.3 is 0 Å². The normalized spacial score (nSPS) is 12.0. The first-order valence-electron chi connectivity index (χ1n) is 4.56. The van der Waals surface area contributed by atoms with E-state index < -0.39 is 6.10 Å². The molecule has 0 fully saturated rings. The molecule has 0 radical (unpaired) electrons. The Kier molecular flexibility index (Phi) is 4.38. The van der Waals surface area contributed by atoms with Gasteiger partial charge in [0.15, 0.2) is 11.9 Å². The first-order chi connectivity index (χ1) is 7.06. The Morgan fingerprint density at radius 3 is 2.53 bits per heavy atom. The summed E-state index contributed by atoms with van der Waals surface area (Å²) in [6.07, 6.45) is -0.425. The lowest BCUT2D eigenvalue weighted by Crippen LogP contribution is -2.21. The van der Waals surface area contributed by atoms with Crippen molar-refractivity contribution in [3.63, 3.8) is 0 Å². The second-order valence-electron chi connectivity index (χ2n) is 3.14. The molecular weight excluding hydrogens is 307 g/mol. The molecule has 0 aliphatic carbocycles. The lowest BCUT2D eigenvalue weighted by molar-refractivity contribution is -0.122. The van der Waals surface area contributed by atoms with E-state index in [4.69, 9.17) is 9.47 Å². The predicted molar refractivity (Wildman–Crippen MR) is 66.5 cm³/mol. The zero-order valence-corrected chi connectivity index (χ0v) is 11.1. The molecule has 82 valence electrons. The summed E-state index contributed by atoms with van der Waals surface area (Å²) in [5, 5.41) is 0. The molecule has 0 saturated heterocycles. The van der Waals surface area contributed by atoms with Crippen molar-refractivity contribution < 1.29 is 14.3 Å². The van der Waals surface area contributed by atoms with Gasteiger partial charge in [0.05, 0.1) is 10.7 Å². The van der Waals surface area contributed by atoms with Gasteiger partial charge in [-0.25, -0.2) is 0 Å². The Morgan fingerprint density at radius 1 is 1.40 bits per heavy atom. The third kappa shape index (κ3) is 3.09. The number of rotatable bonds is 4. The number of Topliss-reactive ketones (excluding diaryl/α,β-unsaturated/α-hetero) is 1. The van der Waals surface area contributed by atoms with Crippen LogP contribution in [0.2, 0.25) is 0 Å². The number of methoxy groups -OCH3 is 1. The van der Waals surface area contributed by atoms with Gasteiger partial charge in [0.1, 0.15) is 11.5 Å². The average Bonchev–Trinajstić information content (AvgIpc) is 2.21. The maximum absolute atomic E-state index is 11.1. The van der Waals surface area contributed by atoms with Gasteiger partial charge in [-0.1, -0.05) is 6.07 Å². The first-order valence-corrected chi connectivity index (χ1v) is 5.63. The van der Waals surface area contributed by atoms with Crippen LogP contribution in [0.15, 0.2) is 18.2 Å². The fourth-order valence-corrected chi connectivity index (χ4v) is 1.72. The Bertz CT molecular complexity index is 363. The van der Waals surface area contributed by atoms with Crippen LogP contribution in [0.3, 0.4) is 0 Å². The van der Waals surface area contributed by atoms with Crippen molar-refractivity contribution in [1.82, 2.24) is 0 Å². The highest BCUT2D eigenvalue weighted by Gasteiger charge is 2.13. The molecule has 0 N–H and O–H groups in total. The second-order valence-corrected chi connectivity index (χ2v) is 4.22. The van der Waals surface area contributed by atoms with Crippen molar-refractivity contribution in [3.8, 4) is 11.5 Å². The standard InChI is InChI=1S/C11H13IO3/c1-7(13)8(2)15-10-6-4-5-9(14-3)11(10)12/h4-6,8H,1-3H3/t8-/m1/s1. The van der Waals surface area contributed by atoms with E-state index in [0.717, 1.165) is 9.32 Å². The first kappa shape index (κ1) is 12.3. The molecule has 1 rings (SSSR count). The van der Waals surface area contributed by atoms with E-state index in [1.54, 1.807) is 14.0 Å². The van der Waals surface area contributed by atoms with E-state index in [2.05, 4.69) is 22.6 Å². The van der Waals surface area contributed by atoms with Gasteiger partial charge in [-0.05, 0) is 48.6 Å². The summed E-state index contributed by atoms with van der Waals surface area (Å²) in [6.45, 7) is 3.25. The molecule has 0 saturated carbocycles. The molecule has 3 nitrogen and oxygen atoms in total. The van der Waals surface area contributed by atoms with Crippen molar-refractivity contribution in [3.05, 3.63) is 21.8 Å². The van der Waals surface area contributed by atoms with Gasteiger partial charge in [0, 0.05) is 0 Å². The molecule has 0 spiro atoms. The van der Waals surface area contributed by atoms with Crippen molar-refractivity contribution >= 4 is 28.4 Å². The fourth-order valence-electron chi connectivity index (χ4n) is 1.01. The van der Waals surface area contributed by atoms with Crippen molar-refractivity contribution in [1.29, 1.82) is 0 Å². The highest BCUT2D eigenvalue weighted by Crippen LogP contribution is 2.30. The number of ketones is 1. The fraction of sp³-hybridized carbons (Fsp3) is 0.364. The number of halogens is 1. The SMILES string of the molecule is COc1cccc(O[C@H](C)C(C)=O)c1I. The van der Waals surface area contributed by atoms with Crippen molar-refractivity contribution in [2.75, 3.05) is 7.11 Å². The van der Waals surface area contributed by atoms with E-state index in [1.165, 1.54) is 6.92 Å². The number of hydrogen-bond acceptors (Lipinski definition) is 3. The van der Waals surface area contributed by atoms with E-state index in [9.17, 15) is 4.79 Å². The summed E-state index contributed by atoms with van der Waals surface area (Å²) < 4.78 is 11.5. The summed E-state index contributed by atoms with van der Waals surface area (Å²) in [5.74, 6) is 1.44. The molecular formula is C11H13IO3. The maximum atomic E-state index is 11.1. The third-order valence-electron chi connectivity index (χ3n) is 2.02. The Labute approximate surface area is 103 Å². The highest BCUT2D eigenvalue weighted by molar-refractivity contribution is 14.1. The van der Waals surface area contributed by atoms with Crippen LogP contribution in [0.25, 0.3) is 0 Å². The molecule has 0 aliphatic heterocycles. The molecule has 4 heteroatoms. The molecule has 1 aromatic carbocycles. The summed E-state index contributed by atoms with van der Waals surface area (Å²) in [6, 6.07) is 5.51. The van der Waals surface area contributed by atoms with Gasteiger partial charge in [0.25, 0.3) is 0 Å². The number of ether oxygens (including phenoxy) is 2. The van der Waals surface area contributed by atoms with E-state index in [-0.39, 0.29) is 5.78 Å². The van der Waals surface area contributed by atoms with Gasteiger partial charge in [-0.2, -0.15) is 0 Å². The summed E-state index contributed by atoms with van der Waals surface area (Å²) in [7, 11) is 1.61. The van der Waals surface area contributed by atoms with E-state index >= 15 is 0 Å². The molecule has 0 heterocycles. The molecule has 15 heavy (non-hydrogen) atoms. The van der Waals surface area contributed by atoms with Crippen molar-refractivity contribution in [2.45, 2.75) is 20.0 Å². The number of benzene rings is 1. The minimum Gasteiger partial charge on any atom is -0.496 e. The minimum atomic E-state index is -0.425. The van der Waals surface area contributed by atoms with Gasteiger partial charge in [-0.3, -0.25) is 4.79 Å². The number of carbonyl (C=O) groups is 1. The lowest BCUT2D eigenvalue weighted by atomic mass is 10.3. The maximum Gasteiger partial charge on any atom is 0.169 e. The molecule has 0 amide bonds. The van der Waals surface area contributed by atoms with Crippen LogP contribution >= 0.6 is 22.6 Å². The largest absolute Gasteiger partial charge is 0.496 e. The average molecular weight is 320 g/mol. The molecule has 1 atom stereocenters. The van der Waals surface area contributed by atoms with Crippen LogP contribution in [-0.2, 0) is 4.79 Å². The summed E-state index contributed by atoms with van der Waals surface area (Å²) >= 11 is 2.14. The molecule has 0 bridgehead atoms. The van der Waals surface area contributed by atoms with E-state index in [0.29, 0.717) is 5.75 Å². The molecule has 0 aliphatic rings. The monoisotopic (exact) mass is 320 g/mol. The predicted octanol–water partition coefficient (Wildman–Crippen LogP) is 2.66. The smallest absolute Gasteiger partial charge is 0.169 e. The molecule has 1 aromatic rings. The zero-order valence-electron chi connectivity index (χ0n) is 8.91. The quantitative estimate of drug-likeness (QED) is 0.800. The minimum absolute atomic E-state index is 0.00798. The topological polar surface area (TPSA) is 35.5 Å². The Hall–Kier alpha value is -0.780. The Morgan fingerprint density at radius 2 is 2.00 bits per heavy atom. The van der Waals surface area contributed by atoms with E-state index in [1.807, 2.05) is 18.2 Å². The highest BCUT2D eigenvalue weighted by atomic mass is 127. The Balaban J connectivity index is 2.90. The van der Waals surface area contributed by atoms with Crippen LogP contribution in [-0.4, -0.2) is 19.0 Å². The second kappa shape index (κ2) is 5.34.